The van der Waals surface area contributed by atoms with Gasteiger partial charge in [0.15, 0.2) is 5.78 Å². The molecule has 0 aliphatic heterocycles. The highest BCUT2D eigenvalue weighted by Gasteiger charge is 2.05. The summed E-state index contributed by atoms with van der Waals surface area (Å²) in [7, 11) is 0. The number of aryl methyl sites for hydroxylation is 1. The number of benzene rings is 2. The maximum absolute atomic E-state index is 12.2. The smallest absolute Gasteiger partial charge is 0.311 e. The van der Waals surface area contributed by atoms with Gasteiger partial charge in [-0.3, -0.25) is 9.59 Å². The summed E-state index contributed by atoms with van der Waals surface area (Å²) in [4.78, 5) is 24.1. The molecule has 0 aliphatic rings. The van der Waals surface area contributed by atoms with Crippen LogP contribution in [0.5, 0.6) is 5.75 Å². The number of carbonyl (C=O) groups excluding carboxylic acids is 2. The molecule has 0 amide bonds. The van der Waals surface area contributed by atoms with Crippen molar-refractivity contribution in [3.8, 4) is 5.75 Å². The first kappa shape index (κ1) is 22.6. The quantitative estimate of drug-likeness (QED) is 0.129. The van der Waals surface area contributed by atoms with Gasteiger partial charge in [-0.25, -0.2) is 0 Å². The Kier molecular flexibility index (Phi) is 9.91. The van der Waals surface area contributed by atoms with E-state index in [0.717, 1.165) is 24.0 Å². The number of ketones is 1. The molecule has 29 heavy (non-hydrogen) atoms. The average Bonchev–Trinajstić information content (AvgIpc) is 2.73. The average molecular weight is 393 g/mol. The maximum atomic E-state index is 12.2. The Morgan fingerprint density at radius 1 is 0.828 bits per heavy atom. The molecule has 0 spiro atoms. The molecule has 2 aromatic rings. The SMILES string of the molecule is CCCCCCCCCC(=O)Oc1ccc(C=CC(=O)c2ccc(C)cc2)cc1. The van der Waals surface area contributed by atoms with Gasteiger partial charge in [-0.2, -0.15) is 0 Å². The van der Waals surface area contributed by atoms with Gasteiger partial charge < -0.3 is 4.74 Å². The Labute approximate surface area is 174 Å². The van der Waals surface area contributed by atoms with Crippen molar-refractivity contribution in [3.63, 3.8) is 0 Å². The Balaban J connectivity index is 1.73. The summed E-state index contributed by atoms with van der Waals surface area (Å²) >= 11 is 0. The van der Waals surface area contributed by atoms with Crippen LogP contribution >= 0.6 is 0 Å². The Bertz CT molecular complexity index is 786. The van der Waals surface area contributed by atoms with Gasteiger partial charge >= 0.3 is 5.97 Å². The Morgan fingerprint density at radius 2 is 1.45 bits per heavy atom. The van der Waals surface area contributed by atoms with Crippen molar-refractivity contribution in [2.75, 3.05) is 0 Å². The number of ether oxygens (including phenoxy) is 1. The summed E-state index contributed by atoms with van der Waals surface area (Å²) in [6, 6.07) is 14.7. The van der Waals surface area contributed by atoms with Gasteiger partial charge in [0.05, 0.1) is 0 Å². The van der Waals surface area contributed by atoms with Crippen LogP contribution in [0.1, 0.15) is 79.8 Å². The third kappa shape index (κ3) is 8.91. The Hall–Kier alpha value is -2.68. The molecule has 0 fully saturated rings. The molecule has 0 bridgehead atoms. The van der Waals surface area contributed by atoms with Gasteiger partial charge in [0, 0.05) is 12.0 Å². The monoisotopic (exact) mass is 392 g/mol. The fourth-order valence-corrected chi connectivity index (χ4v) is 3.04. The lowest BCUT2D eigenvalue weighted by molar-refractivity contribution is -0.134. The molecule has 0 N–H and O–H groups in total. The van der Waals surface area contributed by atoms with Gasteiger partial charge in [-0.1, -0.05) is 93.5 Å². The van der Waals surface area contributed by atoms with E-state index in [4.69, 9.17) is 4.74 Å². The first-order valence-corrected chi connectivity index (χ1v) is 10.7. The zero-order chi connectivity index (χ0) is 20.9. The molecule has 0 aliphatic carbocycles. The summed E-state index contributed by atoms with van der Waals surface area (Å²) in [6.07, 6.45) is 12.0. The highest BCUT2D eigenvalue weighted by Crippen LogP contribution is 2.16. The van der Waals surface area contributed by atoms with Gasteiger partial charge in [-0.15, -0.1) is 0 Å². The van der Waals surface area contributed by atoms with Crippen LogP contribution in [0.4, 0.5) is 0 Å². The summed E-state index contributed by atoms with van der Waals surface area (Å²) in [5.41, 5.74) is 2.68. The lowest BCUT2D eigenvalue weighted by Gasteiger charge is -2.05. The number of esters is 1. The number of unbranched alkanes of at least 4 members (excludes halogenated alkanes) is 6. The van der Waals surface area contributed by atoms with E-state index in [9.17, 15) is 9.59 Å². The number of allylic oxidation sites excluding steroid dienone is 1. The van der Waals surface area contributed by atoms with E-state index in [0.29, 0.717) is 17.7 Å². The van der Waals surface area contributed by atoms with Crippen molar-refractivity contribution in [1.82, 2.24) is 0 Å². The van der Waals surface area contributed by atoms with Crippen LogP contribution in [0.3, 0.4) is 0 Å². The third-order valence-corrected chi connectivity index (χ3v) is 4.86. The first-order valence-electron chi connectivity index (χ1n) is 10.7. The van der Waals surface area contributed by atoms with Crippen LogP contribution in [0, 0.1) is 6.92 Å². The van der Waals surface area contributed by atoms with E-state index in [1.165, 1.54) is 32.1 Å². The van der Waals surface area contributed by atoms with Crippen molar-refractivity contribution in [1.29, 1.82) is 0 Å². The fraction of sp³-hybridized carbons (Fsp3) is 0.385. The number of rotatable bonds is 12. The summed E-state index contributed by atoms with van der Waals surface area (Å²) < 4.78 is 5.39. The van der Waals surface area contributed by atoms with Crippen LogP contribution in [0.25, 0.3) is 6.08 Å². The molecule has 0 atom stereocenters. The van der Waals surface area contributed by atoms with Gasteiger partial charge in [-0.05, 0) is 37.1 Å². The number of carbonyl (C=O) groups is 2. The fourth-order valence-electron chi connectivity index (χ4n) is 3.04. The van der Waals surface area contributed by atoms with Crippen molar-refractivity contribution < 1.29 is 14.3 Å². The second-order valence-electron chi connectivity index (χ2n) is 7.48. The molecule has 0 saturated carbocycles. The summed E-state index contributed by atoms with van der Waals surface area (Å²) in [5, 5.41) is 0. The molecule has 0 saturated heterocycles. The second-order valence-corrected chi connectivity index (χ2v) is 7.48. The van der Waals surface area contributed by atoms with Crippen LogP contribution in [-0.4, -0.2) is 11.8 Å². The lowest BCUT2D eigenvalue weighted by atomic mass is 10.1. The van der Waals surface area contributed by atoms with Crippen molar-refractivity contribution in [3.05, 3.63) is 71.3 Å². The van der Waals surface area contributed by atoms with Gasteiger partial charge in [0.1, 0.15) is 5.75 Å². The van der Waals surface area contributed by atoms with Crippen LogP contribution in [-0.2, 0) is 4.79 Å². The van der Waals surface area contributed by atoms with E-state index < -0.39 is 0 Å². The molecule has 3 nitrogen and oxygen atoms in total. The van der Waals surface area contributed by atoms with E-state index >= 15 is 0 Å². The van der Waals surface area contributed by atoms with E-state index in [1.807, 2.05) is 43.3 Å². The molecule has 0 unspecified atom stereocenters. The first-order chi connectivity index (χ1) is 14.1. The minimum absolute atomic E-state index is 0.0322. The summed E-state index contributed by atoms with van der Waals surface area (Å²) in [5.74, 6) is 0.326. The predicted molar refractivity (Wildman–Crippen MR) is 119 cm³/mol. The second kappa shape index (κ2) is 12.7. The third-order valence-electron chi connectivity index (χ3n) is 4.86. The highest BCUT2D eigenvalue weighted by atomic mass is 16.5. The maximum Gasteiger partial charge on any atom is 0.311 e. The minimum atomic E-state index is -0.184. The minimum Gasteiger partial charge on any atom is -0.427 e. The topological polar surface area (TPSA) is 43.4 Å². The van der Waals surface area contributed by atoms with Crippen molar-refractivity contribution in [2.24, 2.45) is 0 Å². The molecule has 2 aromatic carbocycles. The highest BCUT2D eigenvalue weighted by molar-refractivity contribution is 6.06. The zero-order valence-corrected chi connectivity index (χ0v) is 17.7. The molecule has 154 valence electrons. The van der Waals surface area contributed by atoms with E-state index in [-0.39, 0.29) is 11.8 Å². The normalized spacial score (nSPS) is 11.0. The molecule has 0 aromatic heterocycles. The zero-order valence-electron chi connectivity index (χ0n) is 17.7. The van der Waals surface area contributed by atoms with Crippen LogP contribution < -0.4 is 4.74 Å². The standard InChI is InChI=1S/C26H32O3/c1-3-4-5-6-7-8-9-10-26(28)29-24-18-13-22(14-19-24)15-20-25(27)23-16-11-21(2)12-17-23/h11-20H,3-10H2,1-2H3. The van der Waals surface area contributed by atoms with Crippen molar-refractivity contribution in [2.45, 2.75) is 65.2 Å². The molecule has 0 heterocycles. The number of hydrogen-bond donors (Lipinski definition) is 0. The largest absolute Gasteiger partial charge is 0.427 e. The van der Waals surface area contributed by atoms with E-state index in [1.54, 1.807) is 24.3 Å². The molecule has 2 rings (SSSR count). The van der Waals surface area contributed by atoms with Crippen LogP contribution in [0.15, 0.2) is 54.6 Å². The number of hydrogen-bond acceptors (Lipinski definition) is 3. The molecular formula is C26H32O3. The molecule has 0 radical (unpaired) electrons. The Morgan fingerprint density at radius 3 is 2.10 bits per heavy atom. The summed E-state index contributed by atoms with van der Waals surface area (Å²) in [6.45, 7) is 4.21. The van der Waals surface area contributed by atoms with Gasteiger partial charge in [0.2, 0.25) is 0 Å². The van der Waals surface area contributed by atoms with Gasteiger partial charge in [0.25, 0.3) is 0 Å². The van der Waals surface area contributed by atoms with Crippen LogP contribution in [0.2, 0.25) is 0 Å². The lowest BCUT2D eigenvalue weighted by Crippen LogP contribution is -2.07. The molecule has 3 heteroatoms. The molecular weight excluding hydrogens is 360 g/mol. The van der Waals surface area contributed by atoms with Crippen molar-refractivity contribution >= 4 is 17.8 Å². The van der Waals surface area contributed by atoms with E-state index in [2.05, 4.69) is 6.92 Å². The predicted octanol–water partition coefficient (Wildman–Crippen LogP) is 6.94.